The van der Waals surface area contributed by atoms with Crippen LogP contribution in [-0.2, 0) is 0 Å². The predicted molar refractivity (Wildman–Crippen MR) is 57.0 cm³/mol. The summed E-state index contributed by atoms with van der Waals surface area (Å²) in [5.41, 5.74) is 2.00. The Labute approximate surface area is 83.4 Å². The Hall–Kier alpha value is -1.57. The lowest BCUT2D eigenvalue weighted by molar-refractivity contribution is -0.577. The molecule has 14 heavy (non-hydrogen) atoms. The fourth-order valence-electron chi connectivity index (χ4n) is 1.57. The van der Waals surface area contributed by atoms with E-state index in [1.807, 2.05) is 18.2 Å². The first kappa shape index (κ1) is 9.00. The summed E-state index contributed by atoms with van der Waals surface area (Å²) in [6.07, 6.45) is 1.53. The molecule has 1 aromatic carbocycles. The van der Waals surface area contributed by atoms with Crippen molar-refractivity contribution in [1.29, 1.82) is 0 Å². The van der Waals surface area contributed by atoms with Gasteiger partial charge < -0.3 is 5.21 Å². The van der Waals surface area contributed by atoms with E-state index in [0.29, 0.717) is 5.92 Å². The van der Waals surface area contributed by atoms with Crippen molar-refractivity contribution in [2.45, 2.75) is 19.8 Å². The Bertz CT molecular complexity index is 463. The van der Waals surface area contributed by atoms with Crippen LogP contribution in [0.3, 0.4) is 0 Å². The molecule has 0 unspecified atom stereocenters. The highest BCUT2D eigenvalue weighted by Crippen LogP contribution is 2.18. The Morgan fingerprint density at radius 3 is 2.71 bits per heavy atom. The molecule has 0 radical (unpaired) electrons. The number of nitrogens with zero attached hydrogens (tertiary/aromatic N) is 1. The van der Waals surface area contributed by atoms with E-state index in [4.69, 9.17) is 0 Å². The normalized spacial score (nSPS) is 11.1. The third-order valence-corrected chi connectivity index (χ3v) is 2.45. The summed E-state index contributed by atoms with van der Waals surface area (Å²) in [6, 6.07) is 9.72. The van der Waals surface area contributed by atoms with Crippen LogP contribution in [0.1, 0.15) is 25.3 Å². The van der Waals surface area contributed by atoms with E-state index in [2.05, 4.69) is 19.9 Å². The molecule has 72 valence electrons. The van der Waals surface area contributed by atoms with E-state index in [-0.39, 0.29) is 0 Å². The maximum atomic E-state index is 11.4. The smallest absolute Gasteiger partial charge is 0.223 e. The van der Waals surface area contributed by atoms with Gasteiger partial charge in [-0.15, -0.1) is 0 Å². The van der Waals surface area contributed by atoms with Crippen molar-refractivity contribution < 1.29 is 4.73 Å². The van der Waals surface area contributed by atoms with E-state index in [1.54, 1.807) is 6.07 Å². The summed E-state index contributed by atoms with van der Waals surface area (Å²) < 4.78 is 0.902. The van der Waals surface area contributed by atoms with Gasteiger partial charge in [0.15, 0.2) is 6.20 Å². The zero-order valence-corrected chi connectivity index (χ0v) is 8.40. The Morgan fingerprint density at radius 1 is 1.21 bits per heavy atom. The molecular weight excluding hydrogens is 174 g/mol. The summed E-state index contributed by atoms with van der Waals surface area (Å²) in [5, 5.41) is 12.4. The van der Waals surface area contributed by atoms with Crippen molar-refractivity contribution >= 4 is 10.9 Å². The fourth-order valence-corrected chi connectivity index (χ4v) is 1.57. The van der Waals surface area contributed by atoms with Gasteiger partial charge in [0, 0.05) is 17.5 Å². The molecule has 2 heteroatoms. The van der Waals surface area contributed by atoms with E-state index in [1.165, 1.54) is 11.8 Å². The molecule has 0 fully saturated rings. The van der Waals surface area contributed by atoms with Crippen LogP contribution in [0.15, 0.2) is 36.5 Å². The lowest BCUT2D eigenvalue weighted by atomic mass is 10.0. The van der Waals surface area contributed by atoms with E-state index in [0.717, 1.165) is 15.6 Å². The topological polar surface area (TPSA) is 26.9 Å². The number of pyridine rings is 1. The molecule has 0 saturated carbocycles. The molecule has 0 aliphatic heterocycles. The fraction of sp³-hybridized carbons (Fsp3) is 0.250. The van der Waals surface area contributed by atoms with Crippen LogP contribution in [0.2, 0.25) is 0 Å². The first-order valence-electron chi connectivity index (χ1n) is 4.80. The maximum Gasteiger partial charge on any atom is 0.223 e. The largest absolute Gasteiger partial charge is 0.618 e. The first-order chi connectivity index (χ1) is 6.68. The van der Waals surface area contributed by atoms with Crippen LogP contribution in [0.25, 0.3) is 10.9 Å². The molecule has 2 aromatic rings. The van der Waals surface area contributed by atoms with Crippen molar-refractivity contribution in [1.82, 2.24) is 0 Å². The number of fused-ring (bicyclic) bond motifs is 1. The van der Waals surface area contributed by atoms with Gasteiger partial charge in [-0.1, -0.05) is 19.9 Å². The molecule has 0 saturated heterocycles. The quantitative estimate of drug-likeness (QED) is 0.498. The molecule has 0 amide bonds. The second-order valence-corrected chi connectivity index (χ2v) is 3.81. The standard InChI is InChI=1S/C12H13NO/c1-9(2)10-5-6-12-11(8-10)4-3-7-13(12)14/h3-9H,1-2H3. The highest BCUT2D eigenvalue weighted by atomic mass is 16.5. The second kappa shape index (κ2) is 3.29. The molecule has 0 aliphatic rings. The second-order valence-electron chi connectivity index (χ2n) is 3.81. The maximum absolute atomic E-state index is 11.4. The SMILES string of the molecule is CC(C)c1ccc2c(ccc[n+]2[O-])c1. The molecule has 0 bridgehead atoms. The molecule has 0 aliphatic carbocycles. The van der Waals surface area contributed by atoms with Gasteiger partial charge in [-0.3, -0.25) is 0 Å². The van der Waals surface area contributed by atoms with E-state index >= 15 is 0 Å². The van der Waals surface area contributed by atoms with Crippen LogP contribution in [0.4, 0.5) is 0 Å². The lowest BCUT2D eigenvalue weighted by Gasteiger charge is -2.06. The minimum atomic E-state index is 0.500. The minimum absolute atomic E-state index is 0.500. The van der Waals surface area contributed by atoms with Crippen LogP contribution >= 0.6 is 0 Å². The van der Waals surface area contributed by atoms with Crippen LogP contribution in [0, 0.1) is 5.21 Å². The monoisotopic (exact) mass is 187 g/mol. The van der Waals surface area contributed by atoms with Crippen molar-refractivity contribution in [2.24, 2.45) is 0 Å². The molecule has 2 nitrogen and oxygen atoms in total. The van der Waals surface area contributed by atoms with E-state index < -0.39 is 0 Å². The molecule has 0 atom stereocenters. The molecule has 1 aromatic heterocycles. The van der Waals surface area contributed by atoms with Crippen molar-refractivity contribution in [3.63, 3.8) is 0 Å². The highest BCUT2D eigenvalue weighted by molar-refractivity contribution is 5.76. The van der Waals surface area contributed by atoms with Crippen LogP contribution < -0.4 is 4.73 Å². The number of aromatic nitrogens is 1. The first-order valence-corrected chi connectivity index (χ1v) is 4.80. The van der Waals surface area contributed by atoms with Crippen molar-refractivity contribution in [2.75, 3.05) is 0 Å². The Morgan fingerprint density at radius 2 is 2.00 bits per heavy atom. The van der Waals surface area contributed by atoms with Gasteiger partial charge in [-0.05, 0) is 23.6 Å². The molecule has 0 N–H and O–H groups in total. The average molecular weight is 187 g/mol. The number of hydrogen-bond donors (Lipinski definition) is 0. The predicted octanol–water partition coefficient (Wildman–Crippen LogP) is 2.60. The summed E-state index contributed by atoms with van der Waals surface area (Å²) >= 11 is 0. The minimum Gasteiger partial charge on any atom is -0.618 e. The molecular formula is C12H13NO. The van der Waals surface area contributed by atoms with Gasteiger partial charge in [0.25, 0.3) is 0 Å². The van der Waals surface area contributed by atoms with Gasteiger partial charge in [0.1, 0.15) is 0 Å². The molecule has 2 rings (SSSR count). The van der Waals surface area contributed by atoms with Gasteiger partial charge in [0.2, 0.25) is 5.52 Å². The van der Waals surface area contributed by atoms with Gasteiger partial charge >= 0.3 is 0 Å². The summed E-state index contributed by atoms with van der Waals surface area (Å²) in [6.45, 7) is 4.30. The summed E-state index contributed by atoms with van der Waals surface area (Å²) in [4.78, 5) is 0. The van der Waals surface area contributed by atoms with Gasteiger partial charge in [-0.2, -0.15) is 4.73 Å². The Kier molecular flexibility index (Phi) is 2.12. The summed E-state index contributed by atoms with van der Waals surface area (Å²) in [5.74, 6) is 0.500. The zero-order valence-electron chi connectivity index (χ0n) is 8.40. The lowest BCUT2D eigenvalue weighted by Crippen LogP contribution is -2.25. The zero-order chi connectivity index (χ0) is 10.1. The number of hydrogen-bond acceptors (Lipinski definition) is 1. The van der Waals surface area contributed by atoms with Gasteiger partial charge in [0.05, 0.1) is 0 Å². The highest BCUT2D eigenvalue weighted by Gasteiger charge is 2.05. The number of benzene rings is 1. The van der Waals surface area contributed by atoms with E-state index in [9.17, 15) is 5.21 Å². The third-order valence-electron chi connectivity index (χ3n) is 2.45. The van der Waals surface area contributed by atoms with Crippen molar-refractivity contribution in [3.8, 4) is 0 Å². The molecule has 0 spiro atoms. The Balaban J connectivity index is 2.67. The average Bonchev–Trinajstić information content (AvgIpc) is 2.17. The number of rotatable bonds is 1. The van der Waals surface area contributed by atoms with Crippen LogP contribution in [-0.4, -0.2) is 0 Å². The summed E-state index contributed by atoms with van der Waals surface area (Å²) in [7, 11) is 0. The third kappa shape index (κ3) is 1.43. The van der Waals surface area contributed by atoms with Crippen LogP contribution in [0.5, 0.6) is 0 Å². The van der Waals surface area contributed by atoms with Crippen molar-refractivity contribution in [3.05, 3.63) is 47.3 Å². The molecule has 1 heterocycles. The van der Waals surface area contributed by atoms with Gasteiger partial charge in [-0.25, -0.2) is 0 Å².